The molecule has 0 radical (unpaired) electrons. The average Bonchev–Trinajstić information content (AvgIpc) is 2.66. The molecule has 2 rings (SSSR count). The normalized spacial score (nSPS) is 22.0. The Labute approximate surface area is 141 Å². The first-order valence-corrected chi connectivity index (χ1v) is 9.75. The molecule has 0 spiro atoms. The summed E-state index contributed by atoms with van der Waals surface area (Å²) in [7, 11) is -0.800. The molecule has 1 aliphatic heterocycles. The summed E-state index contributed by atoms with van der Waals surface area (Å²) >= 11 is 0. The van der Waals surface area contributed by atoms with Crippen molar-refractivity contribution in [1.29, 1.82) is 0 Å². The number of carbonyl (C=O) groups is 1. The number of aryl methyl sites for hydroxylation is 1. The Morgan fingerprint density at radius 2 is 2.13 bits per heavy atom. The summed E-state index contributed by atoms with van der Waals surface area (Å²) in [5.74, 6) is 2.43. The molecule has 0 aliphatic carbocycles. The van der Waals surface area contributed by atoms with Crippen molar-refractivity contribution in [3.05, 3.63) is 29.3 Å². The molecule has 2 atom stereocenters. The van der Waals surface area contributed by atoms with Crippen LogP contribution < -0.4 is 4.74 Å². The van der Waals surface area contributed by atoms with E-state index >= 15 is 0 Å². The van der Waals surface area contributed by atoms with Gasteiger partial charge in [-0.25, -0.2) is 0 Å². The Hall–Kier alpha value is -1.36. The Kier molecular flexibility index (Phi) is 6.22. The van der Waals surface area contributed by atoms with Crippen molar-refractivity contribution >= 4 is 16.7 Å². The molecular weight excluding hydrogens is 310 g/mol. The molecule has 0 saturated carbocycles. The molecule has 0 bridgehead atoms. The van der Waals surface area contributed by atoms with Crippen LogP contribution in [0.25, 0.3) is 0 Å². The molecule has 1 aromatic carbocycles. The summed E-state index contributed by atoms with van der Waals surface area (Å²) in [6.07, 6.45) is 0.792. The molecule has 128 valence electrons. The maximum atomic E-state index is 12.4. The maximum absolute atomic E-state index is 12.4. The highest BCUT2D eigenvalue weighted by molar-refractivity contribution is 7.85. The van der Waals surface area contributed by atoms with Gasteiger partial charge in [-0.15, -0.1) is 0 Å². The van der Waals surface area contributed by atoms with E-state index in [9.17, 15) is 9.00 Å². The summed E-state index contributed by atoms with van der Waals surface area (Å²) in [5, 5.41) is 0. The molecule has 0 aromatic heterocycles. The van der Waals surface area contributed by atoms with E-state index in [1.807, 2.05) is 19.1 Å². The Balaban J connectivity index is 1.96. The second-order valence-corrected chi connectivity index (χ2v) is 8.23. The van der Waals surface area contributed by atoms with Crippen LogP contribution in [0, 0.1) is 6.92 Å². The minimum absolute atomic E-state index is 0.0259. The molecule has 1 aromatic rings. The van der Waals surface area contributed by atoms with Gasteiger partial charge in [0.05, 0.1) is 0 Å². The van der Waals surface area contributed by atoms with E-state index < -0.39 is 10.8 Å². The van der Waals surface area contributed by atoms with Crippen molar-refractivity contribution in [1.82, 2.24) is 4.90 Å². The van der Waals surface area contributed by atoms with Crippen LogP contribution in [0.2, 0.25) is 0 Å². The van der Waals surface area contributed by atoms with Crippen LogP contribution in [-0.4, -0.2) is 45.7 Å². The quantitative estimate of drug-likeness (QED) is 0.849. The molecule has 0 unspecified atom stereocenters. The Morgan fingerprint density at radius 1 is 1.39 bits per heavy atom. The first-order valence-electron chi connectivity index (χ1n) is 8.26. The zero-order valence-electron chi connectivity index (χ0n) is 14.5. The highest BCUT2D eigenvalue weighted by Gasteiger charge is 2.24. The third-order valence-corrected chi connectivity index (χ3v) is 5.73. The summed E-state index contributed by atoms with van der Waals surface area (Å²) in [5.41, 5.74) is 2.48. The van der Waals surface area contributed by atoms with Crippen LogP contribution in [-0.2, 0) is 15.6 Å². The molecule has 1 fully saturated rings. The molecule has 1 heterocycles. The molecule has 0 N–H and O–H groups in total. The summed E-state index contributed by atoms with van der Waals surface area (Å²) in [6, 6.07) is 6.11. The maximum Gasteiger partial charge on any atom is 0.260 e. The van der Waals surface area contributed by atoms with Crippen LogP contribution in [0.4, 0.5) is 0 Å². The van der Waals surface area contributed by atoms with E-state index in [4.69, 9.17) is 4.74 Å². The highest BCUT2D eigenvalue weighted by Crippen LogP contribution is 2.23. The lowest BCUT2D eigenvalue weighted by molar-refractivity contribution is -0.135. The number of benzene rings is 1. The zero-order chi connectivity index (χ0) is 17.0. The molecule has 4 nitrogen and oxygen atoms in total. The minimum Gasteiger partial charge on any atom is -0.484 e. The van der Waals surface area contributed by atoms with Crippen molar-refractivity contribution in [3.63, 3.8) is 0 Å². The van der Waals surface area contributed by atoms with E-state index in [0.29, 0.717) is 24.0 Å². The number of carbonyl (C=O) groups excluding carboxylic acids is 1. The molecular formula is C18H27NO3S. The van der Waals surface area contributed by atoms with Gasteiger partial charge in [-0.1, -0.05) is 19.9 Å². The van der Waals surface area contributed by atoms with Gasteiger partial charge in [0.25, 0.3) is 5.91 Å². The predicted octanol–water partition coefficient (Wildman–Crippen LogP) is 2.87. The number of amides is 1. The highest BCUT2D eigenvalue weighted by atomic mass is 32.2. The van der Waals surface area contributed by atoms with Gasteiger partial charge >= 0.3 is 0 Å². The van der Waals surface area contributed by atoms with Gasteiger partial charge in [0, 0.05) is 34.9 Å². The van der Waals surface area contributed by atoms with Crippen LogP contribution in [0.15, 0.2) is 18.2 Å². The van der Waals surface area contributed by atoms with Gasteiger partial charge < -0.3 is 9.64 Å². The van der Waals surface area contributed by atoms with E-state index in [1.54, 1.807) is 4.90 Å². The van der Waals surface area contributed by atoms with E-state index in [0.717, 1.165) is 12.2 Å². The second-order valence-electron chi connectivity index (χ2n) is 6.53. The smallest absolute Gasteiger partial charge is 0.260 e. The first-order chi connectivity index (χ1) is 10.9. The van der Waals surface area contributed by atoms with Crippen LogP contribution in [0.1, 0.15) is 44.2 Å². The van der Waals surface area contributed by atoms with Gasteiger partial charge in [-0.2, -0.15) is 0 Å². The number of hydrogen-bond donors (Lipinski definition) is 0. The van der Waals surface area contributed by atoms with Gasteiger partial charge in [0.2, 0.25) is 0 Å². The summed E-state index contributed by atoms with van der Waals surface area (Å²) in [4.78, 5) is 14.2. The number of nitrogens with zero attached hydrogens (tertiary/aromatic N) is 1. The SMILES string of the molecule is Cc1cc(OCC(=O)N2CC[S@@](=O)CC[C@H]2C)ccc1C(C)C. The minimum atomic E-state index is -0.800. The second kappa shape index (κ2) is 7.95. The largest absolute Gasteiger partial charge is 0.484 e. The van der Waals surface area contributed by atoms with Crippen LogP contribution in [0.5, 0.6) is 5.75 Å². The van der Waals surface area contributed by atoms with Gasteiger partial charge in [0.1, 0.15) is 5.75 Å². The number of rotatable bonds is 4. The third-order valence-electron chi connectivity index (χ3n) is 4.40. The first kappa shape index (κ1) is 18.0. The zero-order valence-corrected chi connectivity index (χ0v) is 15.3. The van der Waals surface area contributed by atoms with Gasteiger partial charge in [-0.3, -0.25) is 9.00 Å². The third kappa shape index (κ3) is 4.80. The van der Waals surface area contributed by atoms with E-state index in [2.05, 4.69) is 26.8 Å². The molecule has 1 amide bonds. The van der Waals surface area contributed by atoms with Gasteiger partial charge in [-0.05, 0) is 49.4 Å². The van der Waals surface area contributed by atoms with Crippen LogP contribution >= 0.6 is 0 Å². The average molecular weight is 337 g/mol. The van der Waals surface area contributed by atoms with Crippen molar-refractivity contribution in [3.8, 4) is 5.75 Å². The summed E-state index contributed by atoms with van der Waals surface area (Å²) < 4.78 is 17.3. The molecule has 1 saturated heterocycles. The molecule has 5 heteroatoms. The van der Waals surface area contributed by atoms with Crippen molar-refractivity contribution in [2.45, 2.75) is 46.1 Å². The fraction of sp³-hybridized carbons (Fsp3) is 0.611. The molecule has 1 aliphatic rings. The fourth-order valence-electron chi connectivity index (χ4n) is 2.96. The lowest BCUT2D eigenvalue weighted by atomic mass is 9.98. The predicted molar refractivity (Wildman–Crippen MR) is 94.4 cm³/mol. The number of hydrogen-bond acceptors (Lipinski definition) is 3. The van der Waals surface area contributed by atoms with Crippen molar-refractivity contribution < 1.29 is 13.7 Å². The number of ether oxygens (including phenoxy) is 1. The van der Waals surface area contributed by atoms with Crippen molar-refractivity contribution in [2.24, 2.45) is 0 Å². The monoisotopic (exact) mass is 337 g/mol. The van der Waals surface area contributed by atoms with Gasteiger partial charge in [0.15, 0.2) is 6.61 Å². The topological polar surface area (TPSA) is 46.6 Å². The Bertz CT molecular complexity index is 586. The fourth-order valence-corrected chi connectivity index (χ4v) is 4.17. The molecule has 23 heavy (non-hydrogen) atoms. The lowest BCUT2D eigenvalue weighted by Crippen LogP contribution is -2.42. The van der Waals surface area contributed by atoms with E-state index in [-0.39, 0.29) is 18.6 Å². The summed E-state index contributed by atoms with van der Waals surface area (Å²) in [6.45, 7) is 9.01. The van der Waals surface area contributed by atoms with E-state index in [1.165, 1.54) is 11.1 Å². The van der Waals surface area contributed by atoms with Crippen LogP contribution in [0.3, 0.4) is 0 Å². The Morgan fingerprint density at radius 3 is 2.78 bits per heavy atom. The lowest BCUT2D eigenvalue weighted by Gasteiger charge is -2.26. The standard InChI is InChI=1S/C18H27NO3S/c1-13(2)17-6-5-16(11-14(17)3)22-12-18(20)19-8-10-23(21)9-7-15(19)4/h5-6,11,13,15H,7-10,12H2,1-4H3/t15-,23+/m1/s1. The van der Waals surface area contributed by atoms with Crippen molar-refractivity contribution in [2.75, 3.05) is 24.7 Å².